The molecular formula is C10H20O6. The minimum absolute atomic E-state index is 0.0417. The maximum absolute atomic E-state index is 9.84. The van der Waals surface area contributed by atoms with Gasteiger partial charge in [-0.15, -0.1) is 0 Å². The number of methoxy groups -OCH3 is 1. The second kappa shape index (κ2) is 16.5. The summed E-state index contributed by atoms with van der Waals surface area (Å²) in [5.74, 6) is -0.394. The van der Waals surface area contributed by atoms with Gasteiger partial charge < -0.3 is 24.4 Å². The Hall–Kier alpha value is -0.950. The third kappa shape index (κ3) is 18.8. The van der Waals surface area contributed by atoms with E-state index in [1.54, 1.807) is 0 Å². The molecule has 0 saturated carbocycles. The molecule has 0 spiro atoms. The van der Waals surface area contributed by atoms with E-state index in [0.29, 0.717) is 26.4 Å². The second-order valence-corrected chi connectivity index (χ2v) is 2.40. The zero-order valence-corrected chi connectivity index (χ0v) is 9.55. The molecule has 0 unspecified atom stereocenters. The van der Waals surface area contributed by atoms with Crippen LogP contribution in [0, 0.1) is 0 Å². The molecule has 0 aliphatic heterocycles. The Morgan fingerprint density at radius 2 is 1.56 bits per heavy atom. The molecule has 0 aliphatic rings. The monoisotopic (exact) mass is 236 g/mol. The largest absolute Gasteiger partial charge is 0.466 e. The number of aliphatic hydroxyl groups is 2. The highest BCUT2D eigenvalue weighted by molar-refractivity contribution is 5.80. The van der Waals surface area contributed by atoms with E-state index in [2.05, 4.69) is 11.3 Å². The summed E-state index contributed by atoms with van der Waals surface area (Å²) >= 11 is 0. The van der Waals surface area contributed by atoms with Gasteiger partial charge in [-0.3, -0.25) is 0 Å². The van der Waals surface area contributed by atoms with Crippen LogP contribution < -0.4 is 0 Å². The lowest BCUT2D eigenvalue weighted by atomic mass is 10.7. The SMILES string of the molecule is C=CC(=O)OC.OCCOCCOCCO. The van der Waals surface area contributed by atoms with E-state index in [-0.39, 0.29) is 13.2 Å². The van der Waals surface area contributed by atoms with Crippen LogP contribution in [0.3, 0.4) is 0 Å². The predicted octanol–water partition coefficient (Wildman–Crippen LogP) is -0.650. The van der Waals surface area contributed by atoms with Crippen LogP contribution >= 0.6 is 0 Å². The van der Waals surface area contributed by atoms with Crippen molar-refractivity contribution >= 4 is 5.97 Å². The van der Waals surface area contributed by atoms with Crippen LogP contribution in [-0.2, 0) is 19.0 Å². The molecule has 0 rings (SSSR count). The molecule has 0 heterocycles. The Labute approximate surface area is 95.4 Å². The van der Waals surface area contributed by atoms with Crippen molar-refractivity contribution in [2.75, 3.05) is 46.8 Å². The third-order valence-electron chi connectivity index (χ3n) is 1.21. The molecule has 0 fully saturated rings. The highest BCUT2D eigenvalue weighted by atomic mass is 16.5. The zero-order valence-electron chi connectivity index (χ0n) is 9.55. The van der Waals surface area contributed by atoms with E-state index in [0.717, 1.165) is 6.08 Å². The molecule has 0 aromatic carbocycles. The minimum Gasteiger partial charge on any atom is -0.466 e. The smallest absolute Gasteiger partial charge is 0.329 e. The van der Waals surface area contributed by atoms with E-state index in [4.69, 9.17) is 19.7 Å². The number of ether oxygens (including phenoxy) is 3. The van der Waals surface area contributed by atoms with Crippen LogP contribution in [0.2, 0.25) is 0 Å². The van der Waals surface area contributed by atoms with Gasteiger partial charge in [-0.2, -0.15) is 0 Å². The zero-order chi connectivity index (χ0) is 12.6. The van der Waals surface area contributed by atoms with E-state index >= 15 is 0 Å². The lowest BCUT2D eigenvalue weighted by molar-refractivity contribution is -0.134. The molecule has 0 amide bonds. The Balaban J connectivity index is 0. The van der Waals surface area contributed by atoms with Crippen LogP contribution in [-0.4, -0.2) is 62.9 Å². The average Bonchev–Trinajstić information content (AvgIpc) is 2.33. The third-order valence-corrected chi connectivity index (χ3v) is 1.21. The molecule has 0 aromatic rings. The number of hydrogen-bond acceptors (Lipinski definition) is 6. The lowest BCUT2D eigenvalue weighted by Crippen LogP contribution is -2.09. The molecule has 0 atom stereocenters. The Morgan fingerprint density at radius 3 is 1.75 bits per heavy atom. The Bertz CT molecular complexity index is 151. The first kappa shape index (κ1) is 17.4. The minimum atomic E-state index is -0.394. The number of esters is 1. The topological polar surface area (TPSA) is 85.2 Å². The van der Waals surface area contributed by atoms with Gasteiger partial charge in [-0.05, 0) is 0 Å². The van der Waals surface area contributed by atoms with E-state index < -0.39 is 5.97 Å². The lowest BCUT2D eigenvalue weighted by Gasteiger charge is -2.01. The van der Waals surface area contributed by atoms with Crippen LogP contribution in [0.5, 0.6) is 0 Å². The standard InChI is InChI=1S/C6H14O4.C4H6O2/c7-1-3-9-5-6-10-4-2-8;1-3-4(5)6-2/h7-8H,1-6H2;3H,1H2,2H3. The van der Waals surface area contributed by atoms with Gasteiger partial charge in [-0.1, -0.05) is 6.58 Å². The number of aliphatic hydroxyl groups excluding tert-OH is 2. The van der Waals surface area contributed by atoms with Crippen molar-refractivity contribution in [2.45, 2.75) is 0 Å². The first-order valence-electron chi connectivity index (χ1n) is 4.80. The van der Waals surface area contributed by atoms with Gasteiger partial charge in [0.2, 0.25) is 0 Å². The van der Waals surface area contributed by atoms with Gasteiger partial charge in [-0.25, -0.2) is 4.79 Å². The van der Waals surface area contributed by atoms with Crippen LogP contribution in [0.1, 0.15) is 0 Å². The van der Waals surface area contributed by atoms with Crippen LogP contribution in [0.4, 0.5) is 0 Å². The molecule has 96 valence electrons. The van der Waals surface area contributed by atoms with Crippen molar-refractivity contribution < 1.29 is 29.2 Å². The van der Waals surface area contributed by atoms with Crippen LogP contribution in [0.15, 0.2) is 12.7 Å². The fourth-order valence-corrected chi connectivity index (χ4v) is 0.534. The summed E-state index contributed by atoms with van der Waals surface area (Å²) in [5, 5.41) is 16.5. The summed E-state index contributed by atoms with van der Waals surface area (Å²) in [5.41, 5.74) is 0. The second-order valence-electron chi connectivity index (χ2n) is 2.40. The van der Waals surface area contributed by atoms with Crippen molar-refractivity contribution in [1.82, 2.24) is 0 Å². The Kier molecular flexibility index (Phi) is 18.0. The normalized spacial score (nSPS) is 8.94. The van der Waals surface area contributed by atoms with Gasteiger partial charge >= 0.3 is 5.97 Å². The quantitative estimate of drug-likeness (QED) is 0.331. The van der Waals surface area contributed by atoms with E-state index in [9.17, 15) is 4.79 Å². The Morgan fingerprint density at radius 1 is 1.12 bits per heavy atom. The molecule has 6 heteroatoms. The summed E-state index contributed by atoms with van der Waals surface area (Å²) in [6, 6.07) is 0. The molecule has 6 nitrogen and oxygen atoms in total. The summed E-state index contributed by atoms with van der Waals surface area (Å²) in [7, 11) is 1.31. The number of carbonyl (C=O) groups is 1. The van der Waals surface area contributed by atoms with Crippen molar-refractivity contribution in [1.29, 1.82) is 0 Å². The highest BCUT2D eigenvalue weighted by Crippen LogP contribution is 1.76. The number of rotatable bonds is 8. The first-order valence-corrected chi connectivity index (χ1v) is 4.80. The van der Waals surface area contributed by atoms with Crippen molar-refractivity contribution in [3.63, 3.8) is 0 Å². The van der Waals surface area contributed by atoms with Crippen molar-refractivity contribution in [3.8, 4) is 0 Å². The number of carbonyl (C=O) groups excluding carboxylic acids is 1. The van der Waals surface area contributed by atoms with Gasteiger partial charge in [0, 0.05) is 6.08 Å². The van der Waals surface area contributed by atoms with E-state index in [1.165, 1.54) is 7.11 Å². The summed E-state index contributed by atoms with van der Waals surface area (Å²) in [6.45, 7) is 4.89. The average molecular weight is 236 g/mol. The summed E-state index contributed by atoms with van der Waals surface area (Å²) < 4.78 is 13.9. The molecule has 0 aromatic heterocycles. The van der Waals surface area contributed by atoms with Gasteiger partial charge in [0.25, 0.3) is 0 Å². The fourth-order valence-electron chi connectivity index (χ4n) is 0.534. The van der Waals surface area contributed by atoms with Crippen molar-refractivity contribution in [3.05, 3.63) is 12.7 Å². The fraction of sp³-hybridized carbons (Fsp3) is 0.700. The van der Waals surface area contributed by atoms with Gasteiger partial charge in [0.15, 0.2) is 0 Å². The first-order chi connectivity index (χ1) is 7.72. The predicted molar refractivity (Wildman–Crippen MR) is 58.0 cm³/mol. The maximum atomic E-state index is 9.84. The van der Waals surface area contributed by atoms with Gasteiger partial charge in [0.05, 0.1) is 46.8 Å². The molecule has 0 bridgehead atoms. The maximum Gasteiger partial charge on any atom is 0.329 e. The van der Waals surface area contributed by atoms with Crippen molar-refractivity contribution in [2.24, 2.45) is 0 Å². The molecule has 0 saturated heterocycles. The van der Waals surface area contributed by atoms with E-state index in [1.807, 2.05) is 0 Å². The molecule has 16 heavy (non-hydrogen) atoms. The molecule has 0 radical (unpaired) electrons. The number of hydrogen-bond donors (Lipinski definition) is 2. The summed E-state index contributed by atoms with van der Waals surface area (Å²) in [4.78, 5) is 9.84. The van der Waals surface area contributed by atoms with Crippen LogP contribution in [0.25, 0.3) is 0 Å². The molecular weight excluding hydrogens is 216 g/mol. The highest BCUT2D eigenvalue weighted by Gasteiger charge is 1.86. The van der Waals surface area contributed by atoms with Gasteiger partial charge in [0.1, 0.15) is 0 Å². The summed E-state index contributed by atoms with van der Waals surface area (Å²) in [6.07, 6.45) is 1.11. The molecule has 2 N–H and O–H groups in total. The molecule has 0 aliphatic carbocycles.